The minimum atomic E-state index is -0.342. The molecule has 2 fully saturated rings. The number of hydrogen-bond acceptors (Lipinski definition) is 3. The van der Waals surface area contributed by atoms with E-state index < -0.39 is 0 Å². The number of ketones is 1. The molecule has 2 heterocycles. The lowest BCUT2D eigenvalue weighted by atomic mass is 9.96. The van der Waals surface area contributed by atoms with Crippen LogP contribution in [0.5, 0.6) is 0 Å². The largest absolute Gasteiger partial charge is 0.298 e. The normalized spacial score (nSPS) is 27.3. The highest BCUT2D eigenvalue weighted by molar-refractivity contribution is 5.97. The van der Waals surface area contributed by atoms with Gasteiger partial charge in [-0.1, -0.05) is 18.6 Å². The third-order valence-electron chi connectivity index (χ3n) is 4.81. The second-order valence-electron chi connectivity index (χ2n) is 6.36. The van der Waals surface area contributed by atoms with Crippen LogP contribution in [0.1, 0.15) is 36.5 Å². The van der Waals surface area contributed by atoms with E-state index in [1.54, 1.807) is 12.1 Å². The SMILES string of the molecule is CC1CN2CCCCC2CN1CC(=O)c1cccc(F)c1. The van der Waals surface area contributed by atoms with Crippen LogP contribution < -0.4 is 0 Å². The summed E-state index contributed by atoms with van der Waals surface area (Å²) in [5, 5.41) is 0. The van der Waals surface area contributed by atoms with E-state index in [0.717, 1.165) is 13.1 Å². The summed E-state index contributed by atoms with van der Waals surface area (Å²) in [6.45, 7) is 5.78. The maximum atomic E-state index is 13.2. The molecule has 2 aliphatic heterocycles. The Kier molecular flexibility index (Phi) is 4.36. The van der Waals surface area contributed by atoms with Crippen LogP contribution in [0.15, 0.2) is 24.3 Å². The van der Waals surface area contributed by atoms with Gasteiger partial charge >= 0.3 is 0 Å². The van der Waals surface area contributed by atoms with Crippen LogP contribution in [-0.2, 0) is 0 Å². The van der Waals surface area contributed by atoms with E-state index >= 15 is 0 Å². The fourth-order valence-electron chi connectivity index (χ4n) is 3.57. The zero-order valence-electron chi connectivity index (χ0n) is 12.6. The molecule has 4 heteroatoms. The summed E-state index contributed by atoms with van der Waals surface area (Å²) in [6, 6.07) is 6.99. The Balaban J connectivity index is 1.65. The van der Waals surface area contributed by atoms with Crippen LogP contribution in [0.3, 0.4) is 0 Å². The number of nitrogens with zero attached hydrogens (tertiary/aromatic N) is 2. The fraction of sp³-hybridized carbons (Fsp3) is 0.588. The molecule has 1 aromatic carbocycles. The molecule has 1 aromatic rings. The Hall–Kier alpha value is -1.26. The molecule has 0 saturated carbocycles. The molecule has 0 N–H and O–H groups in total. The Labute approximate surface area is 125 Å². The molecule has 2 saturated heterocycles. The number of hydrogen-bond donors (Lipinski definition) is 0. The maximum Gasteiger partial charge on any atom is 0.176 e. The van der Waals surface area contributed by atoms with Crippen LogP contribution >= 0.6 is 0 Å². The van der Waals surface area contributed by atoms with Crippen LogP contribution in [0, 0.1) is 5.82 Å². The van der Waals surface area contributed by atoms with E-state index in [0.29, 0.717) is 24.2 Å². The number of halogens is 1. The quantitative estimate of drug-likeness (QED) is 0.799. The number of benzene rings is 1. The minimum absolute atomic E-state index is 0.0191. The zero-order valence-corrected chi connectivity index (χ0v) is 12.6. The number of carbonyl (C=O) groups is 1. The van der Waals surface area contributed by atoms with Gasteiger partial charge in [-0.05, 0) is 38.4 Å². The predicted octanol–water partition coefficient (Wildman–Crippen LogP) is 2.57. The Bertz CT molecular complexity index is 519. The van der Waals surface area contributed by atoms with E-state index in [4.69, 9.17) is 0 Å². The lowest BCUT2D eigenvalue weighted by molar-refractivity contribution is 0.0166. The molecule has 0 aromatic heterocycles. The molecule has 3 nitrogen and oxygen atoms in total. The lowest BCUT2D eigenvalue weighted by Gasteiger charge is -2.47. The van der Waals surface area contributed by atoms with Gasteiger partial charge in [-0.25, -0.2) is 4.39 Å². The second kappa shape index (κ2) is 6.24. The van der Waals surface area contributed by atoms with Crippen molar-refractivity contribution in [1.82, 2.24) is 9.80 Å². The van der Waals surface area contributed by atoms with E-state index in [9.17, 15) is 9.18 Å². The molecule has 2 aliphatic rings. The van der Waals surface area contributed by atoms with Crippen molar-refractivity contribution in [3.05, 3.63) is 35.6 Å². The monoisotopic (exact) mass is 290 g/mol. The Morgan fingerprint density at radius 2 is 2.19 bits per heavy atom. The van der Waals surface area contributed by atoms with Gasteiger partial charge in [0.05, 0.1) is 6.54 Å². The van der Waals surface area contributed by atoms with E-state index in [-0.39, 0.29) is 11.6 Å². The van der Waals surface area contributed by atoms with Crippen LogP contribution in [0.2, 0.25) is 0 Å². The van der Waals surface area contributed by atoms with Crippen molar-refractivity contribution in [2.45, 2.75) is 38.3 Å². The molecular weight excluding hydrogens is 267 g/mol. The van der Waals surface area contributed by atoms with Crippen molar-refractivity contribution < 1.29 is 9.18 Å². The van der Waals surface area contributed by atoms with Crippen molar-refractivity contribution in [2.24, 2.45) is 0 Å². The van der Waals surface area contributed by atoms with Gasteiger partial charge in [0.25, 0.3) is 0 Å². The van der Waals surface area contributed by atoms with Crippen LogP contribution in [0.4, 0.5) is 4.39 Å². The van der Waals surface area contributed by atoms with Gasteiger partial charge in [0.15, 0.2) is 5.78 Å². The summed E-state index contributed by atoms with van der Waals surface area (Å²) in [4.78, 5) is 17.2. The van der Waals surface area contributed by atoms with E-state index in [1.165, 1.54) is 37.9 Å². The summed E-state index contributed by atoms with van der Waals surface area (Å²) in [6.07, 6.45) is 3.82. The first-order valence-electron chi connectivity index (χ1n) is 7.90. The fourth-order valence-corrected chi connectivity index (χ4v) is 3.57. The van der Waals surface area contributed by atoms with Crippen molar-refractivity contribution in [2.75, 3.05) is 26.2 Å². The average molecular weight is 290 g/mol. The molecule has 2 unspecified atom stereocenters. The number of rotatable bonds is 3. The first kappa shape index (κ1) is 14.7. The van der Waals surface area contributed by atoms with Crippen LogP contribution in [-0.4, -0.2) is 53.8 Å². The number of piperazine rings is 1. The number of carbonyl (C=O) groups excluding carboxylic acids is 1. The van der Waals surface area contributed by atoms with Gasteiger partial charge in [0, 0.05) is 30.7 Å². The number of fused-ring (bicyclic) bond motifs is 1. The lowest BCUT2D eigenvalue weighted by Crippen LogP contribution is -2.59. The number of piperidine rings is 1. The summed E-state index contributed by atoms with van der Waals surface area (Å²) in [7, 11) is 0. The van der Waals surface area contributed by atoms with Crippen molar-refractivity contribution >= 4 is 5.78 Å². The smallest absolute Gasteiger partial charge is 0.176 e. The highest BCUT2D eigenvalue weighted by Crippen LogP contribution is 2.24. The molecular formula is C17H23FN2O. The van der Waals surface area contributed by atoms with E-state index in [1.807, 2.05) is 0 Å². The van der Waals surface area contributed by atoms with Crippen LogP contribution in [0.25, 0.3) is 0 Å². The Morgan fingerprint density at radius 3 is 3.00 bits per heavy atom. The second-order valence-corrected chi connectivity index (χ2v) is 6.36. The zero-order chi connectivity index (χ0) is 14.8. The van der Waals surface area contributed by atoms with Gasteiger partial charge in [0.1, 0.15) is 5.82 Å². The molecule has 0 radical (unpaired) electrons. The molecule has 0 aliphatic carbocycles. The first-order chi connectivity index (χ1) is 10.1. The Morgan fingerprint density at radius 1 is 1.33 bits per heavy atom. The summed E-state index contributed by atoms with van der Waals surface area (Å²) < 4.78 is 13.2. The van der Waals surface area contributed by atoms with Crippen molar-refractivity contribution in [3.63, 3.8) is 0 Å². The van der Waals surface area contributed by atoms with Gasteiger partial charge < -0.3 is 0 Å². The summed E-state index contributed by atoms with van der Waals surface area (Å²) >= 11 is 0. The highest BCUT2D eigenvalue weighted by Gasteiger charge is 2.33. The topological polar surface area (TPSA) is 23.6 Å². The number of Topliss-reactive ketones (excluding diaryl/α,β-unsaturated/α-hetero) is 1. The highest BCUT2D eigenvalue weighted by atomic mass is 19.1. The maximum absolute atomic E-state index is 13.2. The predicted molar refractivity (Wildman–Crippen MR) is 81.0 cm³/mol. The molecule has 3 rings (SSSR count). The first-order valence-corrected chi connectivity index (χ1v) is 7.90. The van der Waals surface area contributed by atoms with Gasteiger partial charge in [0.2, 0.25) is 0 Å². The van der Waals surface area contributed by atoms with Gasteiger partial charge in [-0.2, -0.15) is 0 Å². The molecule has 0 bridgehead atoms. The van der Waals surface area contributed by atoms with E-state index in [2.05, 4.69) is 16.7 Å². The third kappa shape index (κ3) is 3.33. The summed E-state index contributed by atoms with van der Waals surface area (Å²) in [5.74, 6) is -0.323. The average Bonchev–Trinajstić information content (AvgIpc) is 2.48. The molecule has 2 atom stereocenters. The minimum Gasteiger partial charge on any atom is -0.298 e. The van der Waals surface area contributed by atoms with Crippen molar-refractivity contribution in [1.29, 1.82) is 0 Å². The molecule has 114 valence electrons. The molecule has 0 spiro atoms. The van der Waals surface area contributed by atoms with Crippen molar-refractivity contribution in [3.8, 4) is 0 Å². The standard InChI is InChI=1S/C17H23FN2O/c1-13-10-19-8-3-2-7-16(19)11-20(13)12-17(21)14-5-4-6-15(18)9-14/h4-6,9,13,16H,2-3,7-8,10-12H2,1H3. The molecule has 21 heavy (non-hydrogen) atoms. The third-order valence-corrected chi connectivity index (χ3v) is 4.81. The van der Waals surface area contributed by atoms with Gasteiger partial charge in [-0.3, -0.25) is 14.6 Å². The van der Waals surface area contributed by atoms with Gasteiger partial charge in [-0.15, -0.1) is 0 Å². The summed E-state index contributed by atoms with van der Waals surface area (Å²) in [5.41, 5.74) is 0.480. The molecule has 0 amide bonds.